The third-order valence-corrected chi connectivity index (χ3v) is 2.13. The van der Waals surface area contributed by atoms with Gasteiger partial charge in [-0.25, -0.2) is 0 Å². The van der Waals surface area contributed by atoms with E-state index in [1.54, 1.807) is 19.3 Å². The van der Waals surface area contributed by atoms with Crippen LogP contribution in [0.15, 0.2) is 24.7 Å². The standard InChI is InChI=1S/C18H26O4/c1-7-10-14-21-18(20-13-9-3,11-15-19-12-8-2)16-22-17(4,5)6/h9-10,13-14H,7,16H2,1-6H3. The number of rotatable bonds is 7. The fourth-order valence-corrected chi connectivity index (χ4v) is 1.11. The zero-order valence-corrected chi connectivity index (χ0v) is 14.4. The van der Waals surface area contributed by atoms with Crippen LogP contribution >= 0.6 is 0 Å². The molecule has 0 N–H and O–H groups in total. The molecule has 0 aromatic heterocycles. The van der Waals surface area contributed by atoms with Gasteiger partial charge in [-0.05, 0) is 40.2 Å². The maximum absolute atomic E-state index is 5.77. The summed E-state index contributed by atoms with van der Waals surface area (Å²) in [6.07, 6.45) is 12.4. The molecule has 22 heavy (non-hydrogen) atoms. The highest BCUT2D eigenvalue weighted by atomic mass is 16.7. The van der Waals surface area contributed by atoms with Crippen molar-refractivity contribution in [3.05, 3.63) is 24.7 Å². The molecule has 4 nitrogen and oxygen atoms in total. The Morgan fingerprint density at radius 2 is 1.73 bits per heavy atom. The van der Waals surface area contributed by atoms with Crippen LogP contribution in [0.2, 0.25) is 0 Å². The first-order chi connectivity index (χ1) is 10.4. The van der Waals surface area contributed by atoms with Gasteiger partial charge in [0, 0.05) is 12.8 Å². The first-order valence-electron chi connectivity index (χ1n) is 7.24. The summed E-state index contributed by atoms with van der Waals surface area (Å²) in [5.74, 6) is 4.09. The van der Waals surface area contributed by atoms with Gasteiger partial charge >= 0.3 is 5.79 Å². The van der Waals surface area contributed by atoms with Gasteiger partial charge in [0.2, 0.25) is 0 Å². The SMILES string of the molecule is CC#COC#CC(COC(C)(C)C)(OC=CC)OC=CCC. The van der Waals surface area contributed by atoms with Crippen LogP contribution < -0.4 is 0 Å². The molecule has 0 bridgehead atoms. The van der Waals surface area contributed by atoms with E-state index in [-0.39, 0.29) is 12.2 Å². The lowest BCUT2D eigenvalue weighted by Crippen LogP contribution is -2.40. The van der Waals surface area contributed by atoms with Gasteiger partial charge in [-0.15, -0.1) is 0 Å². The monoisotopic (exact) mass is 306 g/mol. The third-order valence-electron chi connectivity index (χ3n) is 2.13. The molecule has 0 aliphatic heterocycles. The van der Waals surface area contributed by atoms with Gasteiger partial charge in [0.25, 0.3) is 0 Å². The van der Waals surface area contributed by atoms with Gasteiger partial charge in [0.05, 0.1) is 18.1 Å². The quantitative estimate of drug-likeness (QED) is 0.405. The third kappa shape index (κ3) is 9.80. The molecule has 4 heteroatoms. The second-order valence-electron chi connectivity index (χ2n) is 5.32. The van der Waals surface area contributed by atoms with Crippen LogP contribution in [0.1, 0.15) is 48.0 Å². The van der Waals surface area contributed by atoms with E-state index in [9.17, 15) is 0 Å². The molecule has 0 amide bonds. The van der Waals surface area contributed by atoms with E-state index in [4.69, 9.17) is 18.9 Å². The molecule has 0 saturated heterocycles. The van der Waals surface area contributed by atoms with Crippen molar-refractivity contribution in [3.8, 4) is 24.1 Å². The van der Waals surface area contributed by atoms with Gasteiger partial charge in [-0.3, -0.25) is 0 Å². The lowest BCUT2D eigenvalue weighted by atomic mass is 10.2. The molecule has 0 radical (unpaired) electrons. The summed E-state index contributed by atoms with van der Waals surface area (Å²) in [5, 5.41) is 0. The molecule has 0 saturated carbocycles. The molecule has 122 valence electrons. The Morgan fingerprint density at radius 3 is 2.27 bits per heavy atom. The zero-order chi connectivity index (χ0) is 16.9. The van der Waals surface area contributed by atoms with Crippen LogP contribution in [0.4, 0.5) is 0 Å². The Hall–Kier alpha value is -2.04. The normalized spacial score (nSPS) is 13.7. The first-order valence-corrected chi connectivity index (χ1v) is 7.24. The fraction of sp³-hybridized carbons (Fsp3) is 0.556. The molecule has 0 aliphatic carbocycles. The van der Waals surface area contributed by atoms with E-state index in [2.05, 4.69) is 24.1 Å². The Labute approximate surface area is 134 Å². The van der Waals surface area contributed by atoms with Crippen LogP contribution in [-0.2, 0) is 18.9 Å². The van der Waals surface area contributed by atoms with E-state index in [1.165, 1.54) is 6.26 Å². The van der Waals surface area contributed by atoms with Crippen molar-refractivity contribution in [1.29, 1.82) is 0 Å². The molecule has 0 aliphatic rings. The first kappa shape index (κ1) is 20.0. The Balaban J connectivity index is 5.29. The van der Waals surface area contributed by atoms with Crippen LogP contribution in [0.5, 0.6) is 0 Å². The lowest BCUT2D eigenvalue weighted by Gasteiger charge is -2.30. The van der Waals surface area contributed by atoms with E-state index in [0.717, 1.165) is 6.42 Å². The number of allylic oxidation sites excluding steroid dienone is 2. The molecule has 1 atom stereocenters. The minimum atomic E-state index is -1.29. The molecular weight excluding hydrogens is 280 g/mol. The second-order valence-corrected chi connectivity index (χ2v) is 5.32. The van der Waals surface area contributed by atoms with Crippen molar-refractivity contribution in [3.63, 3.8) is 0 Å². The Morgan fingerprint density at radius 1 is 1.05 bits per heavy atom. The van der Waals surface area contributed by atoms with E-state index in [1.807, 2.05) is 40.7 Å². The molecule has 1 unspecified atom stereocenters. The summed E-state index contributed by atoms with van der Waals surface area (Å²) in [6, 6.07) is 0. The van der Waals surface area contributed by atoms with Crippen molar-refractivity contribution in [2.75, 3.05) is 6.61 Å². The van der Waals surface area contributed by atoms with Gasteiger partial charge in [0.15, 0.2) is 0 Å². The second kappa shape index (κ2) is 10.7. The molecule has 0 spiro atoms. The summed E-state index contributed by atoms with van der Waals surface area (Å²) in [4.78, 5) is 0. The molecule has 0 aromatic carbocycles. The summed E-state index contributed by atoms with van der Waals surface area (Å²) in [6.45, 7) is 11.5. The summed E-state index contributed by atoms with van der Waals surface area (Å²) >= 11 is 0. The van der Waals surface area contributed by atoms with Crippen molar-refractivity contribution in [2.45, 2.75) is 59.4 Å². The van der Waals surface area contributed by atoms with Crippen LogP contribution in [0, 0.1) is 24.1 Å². The summed E-state index contributed by atoms with van der Waals surface area (Å²) in [7, 11) is 0. The summed E-state index contributed by atoms with van der Waals surface area (Å²) < 4.78 is 21.9. The molecule has 0 fully saturated rings. The zero-order valence-electron chi connectivity index (χ0n) is 14.4. The maximum Gasteiger partial charge on any atom is 0.343 e. The Bertz CT molecular complexity index is 477. The smallest absolute Gasteiger partial charge is 0.343 e. The number of ether oxygens (including phenoxy) is 4. The predicted octanol–water partition coefficient (Wildman–Crippen LogP) is 3.95. The van der Waals surface area contributed by atoms with Crippen molar-refractivity contribution in [1.82, 2.24) is 0 Å². The lowest BCUT2D eigenvalue weighted by molar-refractivity contribution is -0.186. The molecular formula is C18H26O4. The highest BCUT2D eigenvalue weighted by Gasteiger charge is 2.33. The Kier molecular flexibility index (Phi) is 9.67. The van der Waals surface area contributed by atoms with Crippen molar-refractivity contribution in [2.24, 2.45) is 0 Å². The van der Waals surface area contributed by atoms with Gasteiger partial charge in [0.1, 0.15) is 18.8 Å². The van der Waals surface area contributed by atoms with Gasteiger partial charge in [-0.2, -0.15) is 0 Å². The maximum atomic E-state index is 5.77. The van der Waals surface area contributed by atoms with Gasteiger partial charge < -0.3 is 18.9 Å². The van der Waals surface area contributed by atoms with Crippen LogP contribution in [-0.4, -0.2) is 18.0 Å². The minimum absolute atomic E-state index is 0.116. The van der Waals surface area contributed by atoms with E-state index in [0.29, 0.717) is 0 Å². The van der Waals surface area contributed by atoms with E-state index < -0.39 is 5.79 Å². The van der Waals surface area contributed by atoms with Crippen molar-refractivity contribution < 1.29 is 18.9 Å². The summed E-state index contributed by atoms with van der Waals surface area (Å²) in [5.41, 5.74) is -0.353. The predicted molar refractivity (Wildman–Crippen MR) is 87.2 cm³/mol. The average Bonchev–Trinajstić information content (AvgIpc) is 2.46. The van der Waals surface area contributed by atoms with Crippen LogP contribution in [0.3, 0.4) is 0 Å². The van der Waals surface area contributed by atoms with Crippen molar-refractivity contribution >= 4 is 0 Å². The fourth-order valence-electron chi connectivity index (χ4n) is 1.11. The van der Waals surface area contributed by atoms with Gasteiger partial charge in [-0.1, -0.05) is 18.9 Å². The minimum Gasteiger partial charge on any atom is -0.448 e. The number of hydrogen-bond acceptors (Lipinski definition) is 4. The molecule has 0 aromatic rings. The largest absolute Gasteiger partial charge is 0.448 e. The highest BCUT2D eigenvalue weighted by Crippen LogP contribution is 2.19. The molecule has 0 rings (SSSR count). The number of hydrogen-bond donors (Lipinski definition) is 0. The topological polar surface area (TPSA) is 36.9 Å². The van der Waals surface area contributed by atoms with Crippen LogP contribution in [0.25, 0.3) is 0 Å². The molecule has 0 heterocycles. The average molecular weight is 306 g/mol. The highest BCUT2D eigenvalue weighted by molar-refractivity contribution is 5.10. The van der Waals surface area contributed by atoms with E-state index >= 15 is 0 Å².